The summed E-state index contributed by atoms with van der Waals surface area (Å²) in [6.07, 6.45) is -2.81. The van der Waals surface area contributed by atoms with Crippen molar-refractivity contribution in [1.29, 1.82) is 0 Å². The fraction of sp³-hybridized carbons (Fsp3) is 0.692. The molecule has 0 spiro atoms. The summed E-state index contributed by atoms with van der Waals surface area (Å²) >= 11 is 0. The minimum atomic E-state index is -4.44. The summed E-state index contributed by atoms with van der Waals surface area (Å²) in [6, 6.07) is 0. The molecule has 0 saturated heterocycles. The summed E-state index contributed by atoms with van der Waals surface area (Å²) in [7, 11) is 1.68. The maximum atomic E-state index is 12.5. The van der Waals surface area contributed by atoms with Crippen molar-refractivity contribution < 1.29 is 23.1 Å². The lowest BCUT2D eigenvalue weighted by molar-refractivity contribution is -0.154. The van der Waals surface area contributed by atoms with Crippen LogP contribution in [0.25, 0.3) is 0 Å². The van der Waals surface area contributed by atoms with Gasteiger partial charge in [0, 0.05) is 30.8 Å². The maximum absolute atomic E-state index is 12.5. The van der Waals surface area contributed by atoms with Gasteiger partial charge in [-0.3, -0.25) is 14.4 Å². The van der Waals surface area contributed by atoms with E-state index in [0.29, 0.717) is 11.3 Å². The second kappa shape index (κ2) is 6.05. The fourth-order valence-corrected chi connectivity index (χ4v) is 2.14. The minimum absolute atomic E-state index is 0.105. The molecule has 0 amide bonds. The third-order valence-electron chi connectivity index (χ3n) is 2.77. The zero-order chi connectivity index (χ0) is 16.4. The quantitative estimate of drug-likeness (QED) is 0.906. The van der Waals surface area contributed by atoms with Gasteiger partial charge in [-0.05, 0) is 0 Å². The molecule has 0 aromatic carbocycles. The van der Waals surface area contributed by atoms with Crippen molar-refractivity contribution in [2.75, 3.05) is 13.1 Å². The molecule has 0 bridgehead atoms. The average molecular weight is 307 g/mol. The lowest BCUT2D eigenvalue weighted by Crippen LogP contribution is -2.37. The Morgan fingerprint density at radius 3 is 2.38 bits per heavy atom. The largest absolute Gasteiger partial charge is 0.480 e. The molecule has 5 nitrogen and oxygen atoms in total. The topological polar surface area (TPSA) is 58.4 Å². The summed E-state index contributed by atoms with van der Waals surface area (Å²) in [5, 5.41) is 13.0. The van der Waals surface area contributed by atoms with Crippen LogP contribution in [0.15, 0.2) is 6.20 Å². The molecule has 0 aliphatic rings. The third-order valence-corrected chi connectivity index (χ3v) is 2.77. The van der Waals surface area contributed by atoms with Crippen LogP contribution in [0.2, 0.25) is 0 Å². The minimum Gasteiger partial charge on any atom is -0.480 e. The van der Waals surface area contributed by atoms with Crippen LogP contribution in [0.5, 0.6) is 0 Å². The Morgan fingerprint density at radius 1 is 1.38 bits per heavy atom. The van der Waals surface area contributed by atoms with Crippen LogP contribution in [0.1, 0.15) is 32.0 Å². The molecule has 0 aliphatic carbocycles. The first-order valence-corrected chi connectivity index (χ1v) is 6.42. The van der Waals surface area contributed by atoms with Gasteiger partial charge in [0.2, 0.25) is 0 Å². The number of hydrogen-bond acceptors (Lipinski definition) is 3. The van der Waals surface area contributed by atoms with E-state index in [2.05, 4.69) is 5.10 Å². The van der Waals surface area contributed by atoms with Gasteiger partial charge in [-0.2, -0.15) is 18.3 Å². The van der Waals surface area contributed by atoms with Gasteiger partial charge in [-0.1, -0.05) is 20.8 Å². The SMILES string of the molecule is Cn1cc(CN(CC(=O)O)CC(F)(F)F)c(C(C)(C)C)n1. The van der Waals surface area contributed by atoms with Crippen molar-refractivity contribution >= 4 is 5.97 Å². The smallest absolute Gasteiger partial charge is 0.401 e. The van der Waals surface area contributed by atoms with E-state index in [1.165, 1.54) is 4.68 Å². The van der Waals surface area contributed by atoms with Gasteiger partial charge in [0.25, 0.3) is 0 Å². The lowest BCUT2D eigenvalue weighted by atomic mass is 9.89. The number of carbonyl (C=O) groups is 1. The van der Waals surface area contributed by atoms with E-state index in [1.54, 1.807) is 13.2 Å². The first kappa shape index (κ1) is 17.5. The lowest BCUT2D eigenvalue weighted by Gasteiger charge is -2.24. The molecule has 21 heavy (non-hydrogen) atoms. The Morgan fingerprint density at radius 2 is 1.95 bits per heavy atom. The fourth-order valence-electron chi connectivity index (χ4n) is 2.14. The first-order valence-electron chi connectivity index (χ1n) is 6.42. The number of alkyl halides is 3. The van der Waals surface area contributed by atoms with Crippen molar-refractivity contribution in [2.24, 2.45) is 7.05 Å². The van der Waals surface area contributed by atoms with Crippen LogP contribution < -0.4 is 0 Å². The summed E-state index contributed by atoms with van der Waals surface area (Å²) in [6.45, 7) is 3.68. The number of nitrogens with zero attached hydrogens (tertiary/aromatic N) is 3. The highest BCUT2D eigenvalue weighted by molar-refractivity contribution is 5.69. The number of rotatable bonds is 5. The normalized spacial score (nSPS) is 13.0. The molecule has 0 atom stereocenters. The van der Waals surface area contributed by atoms with Gasteiger partial charge in [-0.15, -0.1) is 0 Å². The van der Waals surface area contributed by atoms with Crippen LogP contribution in [-0.4, -0.2) is 45.0 Å². The number of aliphatic carboxylic acids is 1. The van der Waals surface area contributed by atoms with E-state index in [9.17, 15) is 18.0 Å². The Kier molecular flexibility index (Phi) is 5.03. The Hall–Kier alpha value is -1.57. The van der Waals surface area contributed by atoms with Gasteiger partial charge in [0.15, 0.2) is 0 Å². The molecule has 1 N–H and O–H groups in total. The van der Waals surface area contributed by atoms with E-state index in [1.807, 2.05) is 20.8 Å². The van der Waals surface area contributed by atoms with Crippen molar-refractivity contribution in [3.63, 3.8) is 0 Å². The molecule has 0 aliphatic heterocycles. The number of carboxylic acids is 1. The Bertz CT molecular complexity index is 504. The first-order chi connectivity index (χ1) is 9.38. The second-order valence-corrected chi connectivity index (χ2v) is 6.08. The summed E-state index contributed by atoms with van der Waals surface area (Å²) in [4.78, 5) is 11.6. The summed E-state index contributed by atoms with van der Waals surface area (Å²) in [5.41, 5.74) is 0.946. The van der Waals surface area contributed by atoms with E-state index >= 15 is 0 Å². The average Bonchev–Trinajstić information content (AvgIpc) is 2.54. The predicted molar refractivity (Wildman–Crippen MR) is 70.9 cm³/mol. The van der Waals surface area contributed by atoms with E-state index < -0.39 is 25.2 Å². The molecule has 0 radical (unpaired) electrons. The second-order valence-electron chi connectivity index (χ2n) is 6.08. The Balaban J connectivity index is 3.00. The van der Waals surface area contributed by atoms with E-state index in [0.717, 1.165) is 4.90 Å². The highest BCUT2D eigenvalue weighted by atomic mass is 19.4. The zero-order valence-corrected chi connectivity index (χ0v) is 12.5. The van der Waals surface area contributed by atoms with Crippen LogP contribution in [-0.2, 0) is 23.8 Å². The van der Waals surface area contributed by atoms with Crippen LogP contribution in [0.3, 0.4) is 0 Å². The van der Waals surface area contributed by atoms with Crippen molar-refractivity contribution in [3.05, 3.63) is 17.5 Å². The molecule has 0 saturated carbocycles. The number of aryl methyl sites for hydroxylation is 1. The predicted octanol–water partition coefficient (Wildman–Crippen LogP) is 2.17. The molecule has 1 heterocycles. The van der Waals surface area contributed by atoms with Crippen molar-refractivity contribution in [2.45, 2.75) is 38.9 Å². The van der Waals surface area contributed by atoms with E-state index in [4.69, 9.17) is 5.11 Å². The standard InChI is InChI=1S/C13H20F3N3O2/c1-12(2,3)11-9(5-18(4)17-11)6-19(7-10(20)21)8-13(14,15)16/h5H,6-8H2,1-4H3,(H,20,21). The molecular formula is C13H20F3N3O2. The number of halogens is 3. The van der Waals surface area contributed by atoms with Crippen molar-refractivity contribution in [1.82, 2.24) is 14.7 Å². The molecule has 1 rings (SSSR count). The molecule has 1 aromatic heterocycles. The number of aromatic nitrogens is 2. The molecule has 0 fully saturated rings. The Labute approximate surface area is 121 Å². The molecule has 1 aromatic rings. The van der Waals surface area contributed by atoms with Gasteiger partial charge >= 0.3 is 12.1 Å². The summed E-state index contributed by atoms with van der Waals surface area (Å²) in [5.74, 6) is -1.29. The van der Waals surface area contributed by atoms with E-state index in [-0.39, 0.29) is 12.0 Å². The number of carboxylic acid groups (broad SMARTS) is 1. The van der Waals surface area contributed by atoms with Crippen molar-refractivity contribution in [3.8, 4) is 0 Å². The molecular weight excluding hydrogens is 287 g/mol. The summed E-state index contributed by atoms with van der Waals surface area (Å²) < 4.78 is 39.2. The molecule has 0 unspecified atom stereocenters. The van der Waals surface area contributed by atoms with Gasteiger partial charge in [0.1, 0.15) is 0 Å². The number of hydrogen-bond donors (Lipinski definition) is 1. The van der Waals surface area contributed by atoms with Gasteiger partial charge in [0.05, 0.1) is 18.8 Å². The molecule has 8 heteroatoms. The highest BCUT2D eigenvalue weighted by Crippen LogP contribution is 2.26. The maximum Gasteiger partial charge on any atom is 0.401 e. The third kappa shape index (κ3) is 5.74. The monoisotopic (exact) mass is 307 g/mol. The van der Waals surface area contributed by atoms with Crippen LogP contribution in [0, 0.1) is 0 Å². The van der Waals surface area contributed by atoms with Gasteiger partial charge < -0.3 is 5.11 Å². The highest BCUT2D eigenvalue weighted by Gasteiger charge is 2.32. The van der Waals surface area contributed by atoms with Gasteiger partial charge in [-0.25, -0.2) is 0 Å². The molecule has 120 valence electrons. The van der Waals surface area contributed by atoms with Crippen LogP contribution in [0.4, 0.5) is 13.2 Å². The zero-order valence-electron chi connectivity index (χ0n) is 12.5. The van der Waals surface area contributed by atoms with Crippen LogP contribution >= 0.6 is 0 Å².